The Balaban J connectivity index is 1.90. The van der Waals surface area contributed by atoms with E-state index in [1.165, 1.54) is 5.56 Å². The average molecular weight is 311 g/mol. The summed E-state index contributed by atoms with van der Waals surface area (Å²) in [5.41, 5.74) is 4.06. The van der Waals surface area contributed by atoms with Gasteiger partial charge in [-0.25, -0.2) is 0 Å². The lowest BCUT2D eigenvalue weighted by Gasteiger charge is -2.23. The highest BCUT2D eigenvalue weighted by molar-refractivity contribution is 5.63. The van der Waals surface area contributed by atoms with Gasteiger partial charge in [0, 0.05) is 43.3 Å². The van der Waals surface area contributed by atoms with Crippen LogP contribution in [-0.2, 0) is 17.7 Å². The van der Waals surface area contributed by atoms with Gasteiger partial charge in [0.1, 0.15) is 0 Å². The Morgan fingerprint density at radius 3 is 2.48 bits per heavy atom. The minimum Gasteiger partial charge on any atom is -0.381 e. The average Bonchev–Trinajstić information content (AvgIpc) is 2.59. The first-order valence-corrected chi connectivity index (χ1v) is 8.55. The molecule has 2 heterocycles. The molecule has 0 atom stereocenters. The summed E-state index contributed by atoms with van der Waals surface area (Å²) in [6.07, 6.45) is 7.23. The quantitative estimate of drug-likeness (QED) is 0.859. The molecule has 23 heavy (non-hydrogen) atoms. The molecule has 0 saturated carbocycles. The third-order valence-corrected chi connectivity index (χ3v) is 4.74. The minimum absolute atomic E-state index is 0.137. The van der Waals surface area contributed by atoms with Crippen LogP contribution in [0.5, 0.6) is 0 Å². The summed E-state index contributed by atoms with van der Waals surface area (Å²) in [4.78, 5) is 12.5. The third-order valence-electron chi connectivity index (χ3n) is 4.74. The van der Waals surface area contributed by atoms with Gasteiger partial charge in [-0.2, -0.15) is 0 Å². The number of hydrogen-bond donors (Lipinski definition) is 0. The van der Waals surface area contributed by atoms with Gasteiger partial charge in [0.2, 0.25) is 0 Å². The van der Waals surface area contributed by atoms with Crippen LogP contribution in [0.25, 0.3) is 11.1 Å². The van der Waals surface area contributed by atoms with E-state index in [9.17, 15) is 4.79 Å². The van der Waals surface area contributed by atoms with Crippen LogP contribution in [0, 0.1) is 12.8 Å². The van der Waals surface area contributed by atoms with Gasteiger partial charge in [-0.3, -0.25) is 4.79 Å². The smallest absolute Gasteiger partial charge is 0.192 e. The highest BCUT2D eigenvalue weighted by Crippen LogP contribution is 2.20. The van der Waals surface area contributed by atoms with Crippen LogP contribution in [-0.4, -0.2) is 17.8 Å². The van der Waals surface area contributed by atoms with E-state index in [0.717, 1.165) is 55.7 Å². The van der Waals surface area contributed by atoms with Gasteiger partial charge in [0.15, 0.2) is 5.43 Å². The first kappa shape index (κ1) is 16.0. The maximum Gasteiger partial charge on any atom is 0.192 e. The minimum atomic E-state index is 0.137. The molecule has 0 amide bonds. The Labute approximate surface area is 137 Å². The van der Waals surface area contributed by atoms with E-state index in [-0.39, 0.29) is 5.43 Å². The van der Waals surface area contributed by atoms with Crippen LogP contribution in [0.15, 0.2) is 41.5 Å². The Hall–Kier alpha value is -1.87. The van der Waals surface area contributed by atoms with Gasteiger partial charge in [0.05, 0.1) is 0 Å². The van der Waals surface area contributed by atoms with Crippen molar-refractivity contribution in [3.63, 3.8) is 0 Å². The molecule has 1 aliphatic rings. The number of rotatable bonds is 4. The molecule has 0 unspecified atom stereocenters. The number of pyridine rings is 1. The van der Waals surface area contributed by atoms with Crippen LogP contribution in [0.1, 0.15) is 30.9 Å². The van der Waals surface area contributed by atoms with E-state index >= 15 is 0 Å². The van der Waals surface area contributed by atoms with Crippen molar-refractivity contribution < 1.29 is 4.74 Å². The van der Waals surface area contributed by atoms with Gasteiger partial charge in [-0.15, -0.1) is 0 Å². The van der Waals surface area contributed by atoms with Crippen LogP contribution in [0.3, 0.4) is 0 Å². The molecule has 0 aliphatic carbocycles. The molecule has 1 aliphatic heterocycles. The van der Waals surface area contributed by atoms with Crippen molar-refractivity contribution in [2.45, 2.75) is 39.7 Å². The molecule has 1 aromatic heterocycles. The van der Waals surface area contributed by atoms with Crippen molar-refractivity contribution in [1.29, 1.82) is 0 Å². The van der Waals surface area contributed by atoms with Crippen LogP contribution >= 0.6 is 0 Å². The van der Waals surface area contributed by atoms with Crippen LogP contribution in [0.4, 0.5) is 0 Å². The largest absolute Gasteiger partial charge is 0.381 e. The zero-order chi connectivity index (χ0) is 16.2. The first-order valence-electron chi connectivity index (χ1n) is 8.55. The number of aryl methyl sites for hydroxylation is 2. The molecule has 2 aromatic rings. The Bertz CT molecular complexity index is 709. The van der Waals surface area contributed by atoms with Crippen molar-refractivity contribution in [3.05, 3.63) is 58.0 Å². The molecule has 1 fully saturated rings. The molecular weight excluding hydrogens is 286 g/mol. The highest BCUT2D eigenvalue weighted by Gasteiger charge is 2.15. The van der Waals surface area contributed by atoms with Gasteiger partial charge in [-0.1, -0.05) is 31.2 Å². The number of hydrogen-bond acceptors (Lipinski definition) is 2. The Morgan fingerprint density at radius 1 is 1.13 bits per heavy atom. The number of ether oxygens (including phenoxy) is 1. The van der Waals surface area contributed by atoms with Crippen molar-refractivity contribution in [3.8, 4) is 11.1 Å². The van der Waals surface area contributed by atoms with Gasteiger partial charge < -0.3 is 9.30 Å². The van der Waals surface area contributed by atoms with Gasteiger partial charge in [-0.05, 0) is 43.2 Å². The van der Waals surface area contributed by atoms with E-state index in [1.807, 2.05) is 19.3 Å². The lowest BCUT2D eigenvalue weighted by molar-refractivity contribution is 0.0612. The van der Waals surface area contributed by atoms with Crippen molar-refractivity contribution >= 4 is 0 Å². The lowest BCUT2D eigenvalue weighted by Crippen LogP contribution is -2.22. The zero-order valence-corrected chi connectivity index (χ0v) is 14.0. The summed E-state index contributed by atoms with van der Waals surface area (Å²) in [6.45, 7) is 6.73. The van der Waals surface area contributed by atoms with Gasteiger partial charge >= 0.3 is 0 Å². The lowest BCUT2D eigenvalue weighted by atomic mass is 9.99. The summed E-state index contributed by atoms with van der Waals surface area (Å²) >= 11 is 0. The molecular formula is C20H25NO2. The zero-order valence-electron chi connectivity index (χ0n) is 14.0. The molecule has 0 radical (unpaired) electrons. The summed E-state index contributed by atoms with van der Waals surface area (Å²) in [6, 6.07) is 8.35. The fourth-order valence-electron chi connectivity index (χ4n) is 3.24. The fraction of sp³-hybridized carbons (Fsp3) is 0.450. The second kappa shape index (κ2) is 7.14. The third kappa shape index (κ3) is 3.73. The number of aromatic nitrogens is 1. The molecule has 1 saturated heterocycles. The molecule has 0 N–H and O–H groups in total. The van der Waals surface area contributed by atoms with Crippen LogP contribution < -0.4 is 5.43 Å². The maximum absolute atomic E-state index is 12.5. The fourth-order valence-corrected chi connectivity index (χ4v) is 3.24. The standard InChI is InChI=1S/C20H25NO2/c1-3-16-4-6-18(7-5-16)19-14-21(12-15(2)20(19)22)13-17-8-10-23-11-9-17/h4-7,12,14,17H,3,8-11,13H2,1-2H3. The normalized spacial score (nSPS) is 15.7. The first-order chi connectivity index (χ1) is 11.2. The summed E-state index contributed by atoms with van der Waals surface area (Å²) < 4.78 is 7.63. The van der Waals surface area contributed by atoms with E-state index in [0.29, 0.717) is 5.92 Å². The summed E-state index contributed by atoms with van der Waals surface area (Å²) in [5, 5.41) is 0. The van der Waals surface area contributed by atoms with E-state index in [2.05, 4.69) is 35.8 Å². The predicted octanol–water partition coefficient (Wildman–Crippen LogP) is 3.81. The Kier molecular flexibility index (Phi) is 4.97. The molecule has 1 aromatic carbocycles. The molecule has 122 valence electrons. The van der Waals surface area contributed by atoms with E-state index < -0.39 is 0 Å². The summed E-state index contributed by atoms with van der Waals surface area (Å²) in [5.74, 6) is 0.640. The van der Waals surface area contributed by atoms with E-state index in [1.54, 1.807) is 0 Å². The highest BCUT2D eigenvalue weighted by atomic mass is 16.5. The molecule has 3 nitrogen and oxygen atoms in total. The van der Waals surface area contributed by atoms with Crippen molar-refractivity contribution in [2.75, 3.05) is 13.2 Å². The second-order valence-corrected chi connectivity index (χ2v) is 6.49. The topological polar surface area (TPSA) is 31.2 Å². The van der Waals surface area contributed by atoms with E-state index in [4.69, 9.17) is 4.74 Å². The van der Waals surface area contributed by atoms with Gasteiger partial charge in [0.25, 0.3) is 0 Å². The van der Waals surface area contributed by atoms with Crippen molar-refractivity contribution in [1.82, 2.24) is 4.57 Å². The second-order valence-electron chi connectivity index (χ2n) is 6.49. The SMILES string of the molecule is CCc1ccc(-c2cn(CC3CCOCC3)cc(C)c2=O)cc1. The van der Waals surface area contributed by atoms with Crippen molar-refractivity contribution in [2.24, 2.45) is 5.92 Å². The molecule has 0 bridgehead atoms. The number of benzene rings is 1. The Morgan fingerprint density at radius 2 is 1.83 bits per heavy atom. The maximum atomic E-state index is 12.5. The van der Waals surface area contributed by atoms with Crippen LogP contribution in [0.2, 0.25) is 0 Å². The monoisotopic (exact) mass is 311 g/mol. The number of nitrogens with zero attached hydrogens (tertiary/aromatic N) is 1. The molecule has 0 spiro atoms. The summed E-state index contributed by atoms with van der Waals surface area (Å²) in [7, 11) is 0. The molecule has 3 heteroatoms. The molecule has 3 rings (SSSR count). The predicted molar refractivity (Wildman–Crippen MR) is 93.8 cm³/mol.